The summed E-state index contributed by atoms with van der Waals surface area (Å²) in [4.78, 5) is 0. The lowest BCUT2D eigenvalue weighted by atomic mass is 9.97. The van der Waals surface area contributed by atoms with Crippen molar-refractivity contribution in [1.82, 2.24) is 18.3 Å². The molecule has 0 N–H and O–H groups in total. The molecule has 486 valence electrons. The van der Waals surface area contributed by atoms with E-state index in [-0.39, 0.29) is 0 Å². The standard InChI is InChI=1S/C52H34N2.C48H32N2/c1-3-15-35(16-4-1)39-31-40(36-17-5-2-6-18-36)33-41(32-39)53-49-26-12-10-23-45(49)52-43(24-14-28-51(52)53)38-29-30-50-46(34-38)44-22-9-11-25-48(44)54(50)47-27-13-20-37-19-7-8-21-42(37)47;1-4-15-33(16-5-1)36-29-37(34-17-6-2-7-18-34)31-39(30-36)50-45-25-13-11-22-42(45)48-40(23-14-26-47(48)50)35-27-28-46-43(32-35)41-21-10-12-24-44(41)49(46)38-19-8-3-9-20-38/h1-34H;1-32H. The second-order valence-electron chi connectivity index (χ2n) is 27.1. The Kier molecular flexibility index (Phi) is 14.5. The molecule has 0 amide bonds. The normalized spacial score (nSPS) is 11.7. The Hall–Kier alpha value is -13.8. The van der Waals surface area contributed by atoms with Gasteiger partial charge in [-0.05, 0) is 187 Å². The molecule has 0 spiro atoms. The summed E-state index contributed by atoms with van der Waals surface area (Å²) < 4.78 is 9.73. The highest BCUT2D eigenvalue weighted by Crippen LogP contribution is 2.46. The fourth-order valence-electron chi connectivity index (χ4n) is 16.5. The van der Waals surface area contributed by atoms with Gasteiger partial charge in [-0.15, -0.1) is 0 Å². The molecule has 17 aromatic carbocycles. The van der Waals surface area contributed by atoms with Gasteiger partial charge in [-0.1, -0.05) is 285 Å². The first-order chi connectivity index (χ1) is 51.6. The molecule has 0 aliphatic heterocycles. The van der Waals surface area contributed by atoms with Gasteiger partial charge in [0, 0.05) is 65.5 Å². The number of aromatic nitrogens is 4. The number of benzene rings is 17. The van der Waals surface area contributed by atoms with Crippen molar-refractivity contribution in [3.05, 3.63) is 400 Å². The summed E-state index contributed by atoms with van der Waals surface area (Å²) in [7, 11) is 0. The number of hydrogen-bond acceptors (Lipinski definition) is 0. The van der Waals surface area contributed by atoms with Crippen LogP contribution in [0, 0.1) is 0 Å². The SMILES string of the molecule is c1ccc(-c2cc(-c3ccccc3)cc(-n3c4ccccc4c4c(-c5ccc6c(c5)c5ccccc5n6-c5cccc6ccccc56)cccc43)c2)cc1.c1ccc(-c2cc(-c3ccccc3)cc(-n3c4ccccc4c4c(-c5ccc6c(c5)c5ccccc5n6-c5ccccc5)cccc43)c2)cc1. The van der Waals surface area contributed by atoms with Gasteiger partial charge >= 0.3 is 0 Å². The summed E-state index contributed by atoms with van der Waals surface area (Å²) in [5.74, 6) is 0. The van der Waals surface area contributed by atoms with E-state index in [1.807, 2.05) is 0 Å². The van der Waals surface area contributed by atoms with E-state index >= 15 is 0 Å². The maximum Gasteiger partial charge on any atom is 0.0547 e. The number of nitrogens with zero attached hydrogens (tertiary/aromatic N) is 4. The van der Waals surface area contributed by atoms with Gasteiger partial charge in [-0.3, -0.25) is 0 Å². The Morgan fingerprint density at radius 3 is 0.894 bits per heavy atom. The average Bonchev–Trinajstić information content (AvgIpc) is 1.58. The van der Waals surface area contributed by atoms with E-state index in [2.05, 4.69) is 419 Å². The van der Waals surface area contributed by atoms with Gasteiger partial charge in [0.1, 0.15) is 0 Å². The minimum absolute atomic E-state index is 1.15. The summed E-state index contributed by atoms with van der Waals surface area (Å²) in [5, 5.41) is 12.5. The quantitative estimate of drug-likeness (QED) is 0.130. The number of para-hydroxylation sites is 5. The van der Waals surface area contributed by atoms with Crippen LogP contribution < -0.4 is 0 Å². The van der Waals surface area contributed by atoms with E-state index in [0.717, 1.165) is 11.4 Å². The first kappa shape index (κ1) is 60.2. The van der Waals surface area contributed by atoms with Crippen molar-refractivity contribution in [3.8, 4) is 89.5 Å². The molecule has 0 radical (unpaired) electrons. The van der Waals surface area contributed by atoms with Crippen LogP contribution in [0.3, 0.4) is 0 Å². The third kappa shape index (κ3) is 10.1. The summed E-state index contributed by atoms with van der Waals surface area (Å²) in [6.07, 6.45) is 0. The summed E-state index contributed by atoms with van der Waals surface area (Å²) in [5.41, 5.74) is 28.8. The summed E-state index contributed by atoms with van der Waals surface area (Å²) in [6.45, 7) is 0. The third-order valence-electron chi connectivity index (χ3n) is 21.2. The van der Waals surface area contributed by atoms with Crippen LogP contribution in [0.15, 0.2) is 400 Å². The molecule has 0 saturated heterocycles. The van der Waals surface area contributed by atoms with E-state index in [1.54, 1.807) is 0 Å². The zero-order chi connectivity index (χ0) is 68.6. The van der Waals surface area contributed by atoms with Gasteiger partial charge in [-0.2, -0.15) is 0 Å². The Balaban J connectivity index is 0.000000139. The minimum atomic E-state index is 1.15. The molecule has 0 fully saturated rings. The van der Waals surface area contributed by atoms with E-state index in [1.165, 1.54) is 176 Å². The molecule has 4 aromatic heterocycles. The van der Waals surface area contributed by atoms with Gasteiger partial charge in [0.05, 0.1) is 49.8 Å². The lowest BCUT2D eigenvalue weighted by molar-refractivity contribution is 1.18. The van der Waals surface area contributed by atoms with E-state index < -0.39 is 0 Å². The van der Waals surface area contributed by atoms with Crippen LogP contribution >= 0.6 is 0 Å². The molecular formula is C100H66N4. The van der Waals surface area contributed by atoms with Crippen LogP contribution in [0.25, 0.3) is 188 Å². The number of rotatable bonds is 10. The molecule has 0 aliphatic carbocycles. The molecular weight excluding hydrogens is 1260 g/mol. The zero-order valence-corrected chi connectivity index (χ0v) is 56.9. The first-order valence-corrected chi connectivity index (χ1v) is 35.8. The van der Waals surface area contributed by atoms with Crippen molar-refractivity contribution < 1.29 is 0 Å². The largest absolute Gasteiger partial charge is 0.309 e. The van der Waals surface area contributed by atoms with Crippen molar-refractivity contribution >= 4 is 98.0 Å². The number of fused-ring (bicyclic) bond motifs is 13. The molecule has 0 saturated carbocycles. The highest BCUT2D eigenvalue weighted by atomic mass is 15.0. The second-order valence-corrected chi connectivity index (χ2v) is 27.1. The van der Waals surface area contributed by atoms with Crippen LogP contribution in [-0.2, 0) is 0 Å². The number of hydrogen-bond donors (Lipinski definition) is 0. The lowest BCUT2D eigenvalue weighted by Crippen LogP contribution is -1.96. The van der Waals surface area contributed by atoms with Crippen molar-refractivity contribution in [2.75, 3.05) is 0 Å². The molecule has 4 nitrogen and oxygen atoms in total. The van der Waals surface area contributed by atoms with Crippen LogP contribution in [0.1, 0.15) is 0 Å². The highest BCUT2D eigenvalue weighted by Gasteiger charge is 2.23. The molecule has 4 heterocycles. The monoisotopic (exact) mass is 1320 g/mol. The molecule has 21 aromatic rings. The second kappa shape index (κ2) is 25.1. The van der Waals surface area contributed by atoms with E-state index in [4.69, 9.17) is 0 Å². The molecule has 0 aliphatic rings. The Labute approximate surface area is 602 Å². The smallest absolute Gasteiger partial charge is 0.0547 e. The molecule has 0 unspecified atom stereocenters. The van der Waals surface area contributed by atoms with Crippen molar-refractivity contribution in [1.29, 1.82) is 0 Å². The summed E-state index contributed by atoms with van der Waals surface area (Å²) in [6, 6.07) is 146. The van der Waals surface area contributed by atoms with Gasteiger partial charge in [-0.25, -0.2) is 0 Å². The third-order valence-corrected chi connectivity index (χ3v) is 21.2. The maximum atomic E-state index is 2.46. The predicted molar refractivity (Wildman–Crippen MR) is 440 cm³/mol. The van der Waals surface area contributed by atoms with Crippen LogP contribution in [0.2, 0.25) is 0 Å². The van der Waals surface area contributed by atoms with Crippen LogP contribution in [0.4, 0.5) is 0 Å². The maximum absolute atomic E-state index is 2.46. The van der Waals surface area contributed by atoms with Gasteiger partial charge in [0.2, 0.25) is 0 Å². The topological polar surface area (TPSA) is 19.7 Å². The van der Waals surface area contributed by atoms with Gasteiger partial charge in [0.25, 0.3) is 0 Å². The summed E-state index contributed by atoms with van der Waals surface area (Å²) >= 11 is 0. The van der Waals surface area contributed by atoms with Gasteiger partial charge < -0.3 is 18.3 Å². The molecule has 104 heavy (non-hydrogen) atoms. The lowest BCUT2D eigenvalue weighted by Gasteiger charge is -2.14. The minimum Gasteiger partial charge on any atom is -0.309 e. The Bertz CT molecular complexity index is 6760. The van der Waals surface area contributed by atoms with Crippen molar-refractivity contribution in [2.45, 2.75) is 0 Å². The van der Waals surface area contributed by atoms with Crippen molar-refractivity contribution in [2.24, 2.45) is 0 Å². The fraction of sp³-hybridized carbons (Fsp3) is 0. The molecule has 0 atom stereocenters. The van der Waals surface area contributed by atoms with E-state index in [9.17, 15) is 0 Å². The van der Waals surface area contributed by atoms with Gasteiger partial charge in [0.15, 0.2) is 0 Å². The van der Waals surface area contributed by atoms with Crippen LogP contribution in [-0.4, -0.2) is 18.3 Å². The zero-order valence-electron chi connectivity index (χ0n) is 56.9. The van der Waals surface area contributed by atoms with Crippen LogP contribution in [0.5, 0.6) is 0 Å². The fourth-order valence-corrected chi connectivity index (χ4v) is 16.5. The highest BCUT2D eigenvalue weighted by molar-refractivity contribution is 6.20. The van der Waals surface area contributed by atoms with E-state index in [0.29, 0.717) is 0 Å². The molecule has 21 rings (SSSR count). The Morgan fingerprint density at radius 1 is 0.144 bits per heavy atom. The first-order valence-electron chi connectivity index (χ1n) is 35.8. The Morgan fingerprint density at radius 2 is 0.452 bits per heavy atom. The van der Waals surface area contributed by atoms with Crippen molar-refractivity contribution in [3.63, 3.8) is 0 Å². The average molecular weight is 1320 g/mol. The predicted octanol–water partition coefficient (Wildman–Crippen LogP) is 26.9. The molecule has 0 bridgehead atoms. The molecule has 4 heteroatoms.